The first-order valence-electron chi connectivity index (χ1n) is 7.94. The molecule has 1 heterocycles. The van der Waals surface area contributed by atoms with Crippen molar-refractivity contribution in [2.45, 2.75) is 6.92 Å². The maximum Gasteiger partial charge on any atom is 0.210 e. The van der Waals surface area contributed by atoms with Crippen molar-refractivity contribution < 1.29 is 8.42 Å². The number of para-hydroxylation sites is 1. The van der Waals surface area contributed by atoms with Gasteiger partial charge in [-0.3, -0.25) is 4.99 Å². The molecular formula is C15H24ClN5O2S. The number of guanidine groups is 1. The fourth-order valence-corrected chi connectivity index (χ4v) is 3.17. The van der Waals surface area contributed by atoms with Crippen molar-refractivity contribution in [1.82, 2.24) is 10.2 Å². The number of nitrogens with two attached hydrogens (primary N) is 1. The van der Waals surface area contributed by atoms with E-state index in [-0.39, 0.29) is 12.3 Å². The van der Waals surface area contributed by atoms with E-state index in [1.807, 2.05) is 31.2 Å². The van der Waals surface area contributed by atoms with Crippen molar-refractivity contribution in [3.05, 3.63) is 29.3 Å². The molecule has 7 nitrogen and oxygen atoms in total. The molecule has 1 fully saturated rings. The summed E-state index contributed by atoms with van der Waals surface area (Å²) in [5.41, 5.74) is 1.04. The van der Waals surface area contributed by atoms with Crippen LogP contribution in [0.2, 0.25) is 5.02 Å². The minimum Gasteiger partial charge on any atom is -0.367 e. The van der Waals surface area contributed by atoms with E-state index in [1.54, 1.807) is 0 Å². The van der Waals surface area contributed by atoms with E-state index in [9.17, 15) is 8.42 Å². The Morgan fingerprint density at radius 2 is 1.96 bits per heavy atom. The van der Waals surface area contributed by atoms with Crippen LogP contribution in [0.3, 0.4) is 0 Å². The quantitative estimate of drug-likeness (QED) is 0.586. The van der Waals surface area contributed by atoms with Gasteiger partial charge < -0.3 is 15.1 Å². The van der Waals surface area contributed by atoms with Crippen molar-refractivity contribution >= 4 is 33.3 Å². The summed E-state index contributed by atoms with van der Waals surface area (Å²) < 4.78 is 22.1. The Hall–Kier alpha value is -1.51. The van der Waals surface area contributed by atoms with Gasteiger partial charge in [0.25, 0.3) is 0 Å². The normalized spacial score (nSPS) is 16.4. The second-order valence-electron chi connectivity index (χ2n) is 5.53. The molecule has 24 heavy (non-hydrogen) atoms. The number of sulfonamides is 1. The molecule has 1 aromatic carbocycles. The Morgan fingerprint density at radius 3 is 2.54 bits per heavy atom. The Balaban J connectivity index is 1.97. The van der Waals surface area contributed by atoms with E-state index in [4.69, 9.17) is 16.7 Å². The van der Waals surface area contributed by atoms with Gasteiger partial charge >= 0.3 is 0 Å². The Kier molecular flexibility index (Phi) is 6.70. The Labute approximate surface area is 148 Å². The molecule has 1 aliphatic heterocycles. The predicted octanol–water partition coefficient (Wildman–Crippen LogP) is 0.716. The first-order valence-corrected chi connectivity index (χ1v) is 10.0. The van der Waals surface area contributed by atoms with Crippen LogP contribution in [0.25, 0.3) is 0 Å². The molecule has 0 aliphatic carbocycles. The number of piperazine rings is 1. The van der Waals surface area contributed by atoms with Crippen molar-refractivity contribution in [2.75, 3.05) is 49.9 Å². The van der Waals surface area contributed by atoms with Gasteiger partial charge in [-0.15, -0.1) is 0 Å². The molecule has 1 aromatic rings. The standard InChI is InChI=1S/C15H24ClN5O2S/c1-2-18-15(19-7-12-24(17,22)23)21-10-8-20(9-11-21)14-6-4-3-5-13(14)16/h3-6H,2,7-12H2,1H3,(H,18,19)(H2,17,22,23). The molecule has 0 unspecified atom stereocenters. The fraction of sp³-hybridized carbons (Fsp3) is 0.533. The van der Waals surface area contributed by atoms with E-state index in [1.165, 1.54) is 0 Å². The third-order valence-electron chi connectivity index (χ3n) is 3.74. The van der Waals surface area contributed by atoms with Gasteiger partial charge in [0.2, 0.25) is 10.0 Å². The van der Waals surface area contributed by atoms with Crippen LogP contribution in [-0.2, 0) is 10.0 Å². The van der Waals surface area contributed by atoms with Crippen LogP contribution in [0.5, 0.6) is 0 Å². The van der Waals surface area contributed by atoms with Gasteiger partial charge in [-0.05, 0) is 19.1 Å². The summed E-state index contributed by atoms with van der Waals surface area (Å²) in [5.74, 6) is 0.571. The molecule has 2 rings (SSSR count). The lowest BCUT2D eigenvalue weighted by molar-refractivity contribution is 0.373. The van der Waals surface area contributed by atoms with Crippen LogP contribution in [0.1, 0.15) is 6.92 Å². The summed E-state index contributed by atoms with van der Waals surface area (Å²) in [6, 6.07) is 7.81. The zero-order valence-corrected chi connectivity index (χ0v) is 15.4. The highest BCUT2D eigenvalue weighted by Crippen LogP contribution is 2.25. The molecule has 0 saturated carbocycles. The zero-order valence-electron chi connectivity index (χ0n) is 13.8. The number of hydrogen-bond donors (Lipinski definition) is 2. The first-order chi connectivity index (χ1) is 11.4. The lowest BCUT2D eigenvalue weighted by Crippen LogP contribution is -2.52. The van der Waals surface area contributed by atoms with Crippen LogP contribution in [0.15, 0.2) is 29.3 Å². The van der Waals surface area contributed by atoms with E-state index >= 15 is 0 Å². The topological polar surface area (TPSA) is 91.0 Å². The molecular weight excluding hydrogens is 350 g/mol. The number of rotatable bonds is 5. The zero-order chi connectivity index (χ0) is 17.6. The summed E-state index contributed by atoms with van der Waals surface area (Å²) in [5, 5.41) is 8.97. The lowest BCUT2D eigenvalue weighted by Gasteiger charge is -2.38. The van der Waals surface area contributed by atoms with Gasteiger partial charge in [0.05, 0.1) is 23.0 Å². The summed E-state index contributed by atoms with van der Waals surface area (Å²) in [4.78, 5) is 8.73. The number of anilines is 1. The molecule has 1 aliphatic rings. The highest BCUT2D eigenvalue weighted by Gasteiger charge is 2.21. The average molecular weight is 374 g/mol. The summed E-state index contributed by atoms with van der Waals surface area (Å²) in [7, 11) is -3.49. The molecule has 0 spiro atoms. The van der Waals surface area contributed by atoms with Crippen LogP contribution in [-0.4, -0.2) is 64.3 Å². The monoisotopic (exact) mass is 373 g/mol. The average Bonchev–Trinajstić information content (AvgIpc) is 2.54. The van der Waals surface area contributed by atoms with Gasteiger partial charge in [-0.1, -0.05) is 23.7 Å². The minimum absolute atomic E-state index is 0.151. The molecule has 0 amide bonds. The number of halogens is 1. The fourth-order valence-electron chi connectivity index (χ4n) is 2.57. The first kappa shape index (κ1) is 18.8. The number of nitrogens with one attached hydrogen (secondary N) is 1. The summed E-state index contributed by atoms with van der Waals surface area (Å²) >= 11 is 6.26. The number of benzene rings is 1. The van der Waals surface area contributed by atoms with Crippen LogP contribution < -0.4 is 15.4 Å². The highest BCUT2D eigenvalue weighted by molar-refractivity contribution is 7.89. The minimum atomic E-state index is -3.49. The van der Waals surface area contributed by atoms with Gasteiger partial charge in [0.1, 0.15) is 0 Å². The number of nitrogens with zero attached hydrogens (tertiary/aromatic N) is 3. The molecule has 134 valence electrons. The molecule has 9 heteroatoms. The lowest BCUT2D eigenvalue weighted by atomic mass is 10.2. The number of hydrogen-bond acceptors (Lipinski definition) is 4. The predicted molar refractivity (Wildman–Crippen MR) is 99.2 cm³/mol. The van der Waals surface area contributed by atoms with Crippen molar-refractivity contribution in [1.29, 1.82) is 0 Å². The van der Waals surface area contributed by atoms with Gasteiger partial charge in [-0.2, -0.15) is 0 Å². The maximum atomic E-state index is 11.0. The van der Waals surface area contributed by atoms with Gasteiger partial charge in [0.15, 0.2) is 5.96 Å². The molecule has 0 radical (unpaired) electrons. The smallest absolute Gasteiger partial charge is 0.210 e. The largest absolute Gasteiger partial charge is 0.367 e. The Bertz CT molecular complexity index is 672. The van der Waals surface area contributed by atoms with Crippen LogP contribution in [0, 0.1) is 0 Å². The molecule has 0 bridgehead atoms. The SMILES string of the molecule is CCNC(=NCCS(N)(=O)=O)N1CCN(c2ccccc2Cl)CC1. The molecule has 1 saturated heterocycles. The van der Waals surface area contributed by atoms with Gasteiger partial charge in [-0.25, -0.2) is 13.6 Å². The number of primary sulfonamides is 1. The second-order valence-corrected chi connectivity index (χ2v) is 7.67. The van der Waals surface area contributed by atoms with E-state index in [2.05, 4.69) is 20.1 Å². The maximum absolute atomic E-state index is 11.0. The van der Waals surface area contributed by atoms with Crippen LogP contribution >= 0.6 is 11.6 Å². The van der Waals surface area contributed by atoms with Gasteiger partial charge in [0, 0.05) is 32.7 Å². The molecule has 0 atom stereocenters. The van der Waals surface area contributed by atoms with Crippen molar-refractivity contribution in [2.24, 2.45) is 10.1 Å². The third kappa shape index (κ3) is 5.54. The van der Waals surface area contributed by atoms with E-state index < -0.39 is 10.0 Å². The highest BCUT2D eigenvalue weighted by atomic mass is 35.5. The van der Waals surface area contributed by atoms with Crippen LogP contribution in [0.4, 0.5) is 5.69 Å². The third-order valence-corrected chi connectivity index (χ3v) is 4.82. The second kappa shape index (κ2) is 8.55. The summed E-state index contributed by atoms with van der Waals surface area (Å²) in [6.45, 7) is 6.07. The molecule has 0 aromatic heterocycles. The Morgan fingerprint density at radius 1 is 1.29 bits per heavy atom. The van der Waals surface area contributed by atoms with E-state index in [0.29, 0.717) is 0 Å². The summed E-state index contributed by atoms with van der Waals surface area (Å²) in [6.07, 6.45) is 0. The number of aliphatic imine (C=N–C) groups is 1. The van der Waals surface area contributed by atoms with E-state index in [0.717, 1.165) is 49.4 Å². The molecule has 3 N–H and O–H groups in total. The van der Waals surface area contributed by atoms with Crippen molar-refractivity contribution in [3.63, 3.8) is 0 Å². The van der Waals surface area contributed by atoms with Crippen molar-refractivity contribution in [3.8, 4) is 0 Å².